The summed E-state index contributed by atoms with van der Waals surface area (Å²) >= 11 is 1.64. The van der Waals surface area contributed by atoms with Gasteiger partial charge in [-0.05, 0) is 11.6 Å². The predicted octanol–water partition coefficient (Wildman–Crippen LogP) is 1.98. The number of hydrogen-bond acceptors (Lipinski definition) is 5. The molecule has 0 bridgehead atoms. The number of carbonyl (C=O) groups is 1. The lowest BCUT2D eigenvalue weighted by Gasteiger charge is -2.34. The summed E-state index contributed by atoms with van der Waals surface area (Å²) < 4.78 is 5.86. The van der Waals surface area contributed by atoms with Crippen LogP contribution in [0.4, 0.5) is 9.93 Å². The topological polar surface area (TPSA) is 57.7 Å². The van der Waals surface area contributed by atoms with Crippen LogP contribution in [0.5, 0.6) is 5.75 Å². The van der Waals surface area contributed by atoms with Crippen molar-refractivity contribution in [1.29, 1.82) is 0 Å². The highest BCUT2D eigenvalue weighted by Gasteiger charge is 2.25. The maximum Gasteiger partial charge on any atom is 0.317 e. The number of hydrogen-bond donors (Lipinski definition) is 1. The van der Waals surface area contributed by atoms with Gasteiger partial charge in [0.25, 0.3) is 0 Å². The van der Waals surface area contributed by atoms with E-state index >= 15 is 0 Å². The maximum atomic E-state index is 12.3. The Hall–Kier alpha value is -2.28. The molecule has 0 saturated carbocycles. The van der Waals surface area contributed by atoms with Crippen molar-refractivity contribution >= 4 is 22.5 Å². The van der Waals surface area contributed by atoms with Crippen LogP contribution >= 0.6 is 11.3 Å². The Morgan fingerprint density at radius 2 is 2.12 bits per heavy atom. The number of nitrogens with zero attached hydrogens (tertiary/aromatic N) is 3. The van der Waals surface area contributed by atoms with Gasteiger partial charge >= 0.3 is 6.03 Å². The van der Waals surface area contributed by atoms with Crippen molar-refractivity contribution in [1.82, 2.24) is 15.2 Å². The van der Waals surface area contributed by atoms with Crippen LogP contribution in [0, 0.1) is 0 Å². The number of benzene rings is 1. The first kappa shape index (κ1) is 15.3. The first-order valence-electron chi connectivity index (χ1n) is 8.21. The third-order valence-electron chi connectivity index (χ3n) is 4.45. The maximum absolute atomic E-state index is 12.3. The molecule has 2 aromatic rings. The van der Waals surface area contributed by atoms with Gasteiger partial charge in [-0.15, -0.1) is 11.3 Å². The number of piperazine rings is 1. The Morgan fingerprint density at radius 3 is 2.88 bits per heavy atom. The number of nitrogens with one attached hydrogen (secondary N) is 1. The number of carbonyl (C=O) groups excluding carboxylic acids is 1. The highest BCUT2D eigenvalue weighted by atomic mass is 32.1. The number of urea groups is 1. The summed E-state index contributed by atoms with van der Waals surface area (Å²) in [6.45, 7) is 3.63. The molecule has 6 nitrogen and oxygen atoms in total. The summed E-state index contributed by atoms with van der Waals surface area (Å²) in [7, 11) is 0. The van der Waals surface area contributed by atoms with Crippen LogP contribution in [0.1, 0.15) is 5.56 Å². The Bertz CT molecular complexity index is 673. The van der Waals surface area contributed by atoms with Crippen LogP contribution in [0.3, 0.4) is 0 Å². The highest BCUT2D eigenvalue weighted by Crippen LogP contribution is 2.27. The summed E-state index contributed by atoms with van der Waals surface area (Å²) in [5.74, 6) is 0.939. The number of ether oxygens (including phenoxy) is 1. The van der Waals surface area contributed by atoms with Crippen LogP contribution in [-0.2, 0) is 6.42 Å². The lowest BCUT2D eigenvalue weighted by Crippen LogP contribution is -2.52. The summed E-state index contributed by atoms with van der Waals surface area (Å²) in [5.41, 5.74) is 1.22. The molecule has 1 atom stereocenters. The van der Waals surface area contributed by atoms with Gasteiger partial charge in [0.15, 0.2) is 5.13 Å². The van der Waals surface area contributed by atoms with Gasteiger partial charge in [0, 0.05) is 44.2 Å². The van der Waals surface area contributed by atoms with E-state index in [0.717, 1.165) is 43.5 Å². The Balaban J connectivity index is 1.23. The Kier molecular flexibility index (Phi) is 4.25. The molecule has 1 fully saturated rings. The molecule has 2 amide bonds. The van der Waals surface area contributed by atoms with Gasteiger partial charge < -0.3 is 19.9 Å². The fourth-order valence-electron chi connectivity index (χ4n) is 3.15. The molecule has 7 heteroatoms. The number of rotatable bonds is 3. The highest BCUT2D eigenvalue weighted by molar-refractivity contribution is 7.13. The molecular formula is C17H20N4O2S. The van der Waals surface area contributed by atoms with E-state index in [1.54, 1.807) is 11.3 Å². The smallest absolute Gasteiger partial charge is 0.317 e. The first-order chi connectivity index (χ1) is 11.8. The van der Waals surface area contributed by atoms with Gasteiger partial charge in [-0.3, -0.25) is 0 Å². The van der Waals surface area contributed by atoms with E-state index in [1.807, 2.05) is 34.7 Å². The molecule has 1 saturated heterocycles. The molecule has 0 aliphatic carbocycles. The molecule has 2 aliphatic heterocycles. The van der Waals surface area contributed by atoms with Crippen LogP contribution in [0.25, 0.3) is 0 Å². The van der Waals surface area contributed by atoms with E-state index in [9.17, 15) is 4.79 Å². The number of amides is 2. The SMILES string of the molecule is O=C(NC[C@@H]1Cc2ccccc2O1)N1CCN(c2nccs2)CC1. The molecule has 0 radical (unpaired) electrons. The van der Waals surface area contributed by atoms with Gasteiger partial charge in [0.05, 0.1) is 6.54 Å². The molecule has 4 rings (SSSR count). The molecule has 0 unspecified atom stereocenters. The normalized spacial score (nSPS) is 19.8. The quantitative estimate of drug-likeness (QED) is 0.925. The zero-order chi connectivity index (χ0) is 16.4. The van der Waals surface area contributed by atoms with Crippen LogP contribution in [0.15, 0.2) is 35.8 Å². The van der Waals surface area contributed by atoms with E-state index in [0.29, 0.717) is 6.54 Å². The zero-order valence-electron chi connectivity index (χ0n) is 13.4. The third-order valence-corrected chi connectivity index (χ3v) is 5.28. The van der Waals surface area contributed by atoms with E-state index in [1.165, 1.54) is 5.56 Å². The van der Waals surface area contributed by atoms with E-state index in [-0.39, 0.29) is 12.1 Å². The van der Waals surface area contributed by atoms with Crippen LogP contribution < -0.4 is 15.0 Å². The minimum absolute atomic E-state index is 0.00616. The largest absolute Gasteiger partial charge is 0.488 e. The monoisotopic (exact) mass is 344 g/mol. The number of anilines is 1. The second kappa shape index (κ2) is 6.68. The fourth-order valence-corrected chi connectivity index (χ4v) is 3.85. The fraction of sp³-hybridized carbons (Fsp3) is 0.412. The zero-order valence-corrected chi connectivity index (χ0v) is 14.2. The average molecular weight is 344 g/mol. The molecule has 24 heavy (non-hydrogen) atoms. The van der Waals surface area contributed by atoms with Crippen molar-refractivity contribution in [2.24, 2.45) is 0 Å². The van der Waals surface area contributed by atoms with Crippen LogP contribution in [-0.4, -0.2) is 54.7 Å². The number of fused-ring (bicyclic) bond motifs is 1. The molecule has 1 aromatic carbocycles. The summed E-state index contributed by atoms with van der Waals surface area (Å²) in [5, 5.41) is 6.02. The van der Waals surface area contributed by atoms with Crippen molar-refractivity contribution in [3.05, 3.63) is 41.4 Å². The lowest BCUT2D eigenvalue weighted by molar-refractivity contribution is 0.182. The molecule has 3 heterocycles. The Labute approximate surface area is 145 Å². The molecule has 1 aromatic heterocycles. The number of para-hydroxylation sites is 1. The summed E-state index contributed by atoms with van der Waals surface area (Å²) in [4.78, 5) is 20.8. The summed E-state index contributed by atoms with van der Waals surface area (Å²) in [6.07, 6.45) is 2.70. The molecule has 2 aliphatic rings. The summed E-state index contributed by atoms with van der Waals surface area (Å²) in [6, 6.07) is 8.05. The Morgan fingerprint density at radius 1 is 1.29 bits per heavy atom. The van der Waals surface area contributed by atoms with E-state index < -0.39 is 0 Å². The van der Waals surface area contributed by atoms with Crippen molar-refractivity contribution in [2.75, 3.05) is 37.6 Å². The lowest BCUT2D eigenvalue weighted by atomic mass is 10.1. The van der Waals surface area contributed by atoms with Crippen molar-refractivity contribution < 1.29 is 9.53 Å². The average Bonchev–Trinajstić information content (AvgIpc) is 3.29. The van der Waals surface area contributed by atoms with Gasteiger partial charge in [0.1, 0.15) is 11.9 Å². The van der Waals surface area contributed by atoms with Crippen LogP contribution in [0.2, 0.25) is 0 Å². The predicted molar refractivity (Wildman–Crippen MR) is 93.9 cm³/mol. The minimum Gasteiger partial charge on any atom is -0.488 e. The third kappa shape index (κ3) is 3.17. The van der Waals surface area contributed by atoms with Gasteiger partial charge in [-0.2, -0.15) is 0 Å². The number of aromatic nitrogens is 1. The first-order valence-corrected chi connectivity index (χ1v) is 9.09. The molecular weight excluding hydrogens is 324 g/mol. The molecule has 1 N–H and O–H groups in total. The molecule has 126 valence electrons. The van der Waals surface area contributed by atoms with E-state index in [2.05, 4.69) is 21.3 Å². The van der Waals surface area contributed by atoms with Crippen molar-refractivity contribution in [3.8, 4) is 5.75 Å². The molecule has 0 spiro atoms. The van der Waals surface area contributed by atoms with E-state index in [4.69, 9.17) is 4.74 Å². The second-order valence-corrected chi connectivity index (χ2v) is 6.90. The van der Waals surface area contributed by atoms with Gasteiger partial charge in [-0.1, -0.05) is 18.2 Å². The van der Waals surface area contributed by atoms with Crippen molar-refractivity contribution in [3.63, 3.8) is 0 Å². The van der Waals surface area contributed by atoms with Gasteiger partial charge in [0.2, 0.25) is 0 Å². The number of thiazole rings is 1. The standard InChI is InChI=1S/C17H20N4O2S/c22-16(19-12-14-11-13-3-1-2-4-15(13)23-14)20-6-8-21(9-7-20)17-18-5-10-24-17/h1-5,10,14H,6-9,11-12H2,(H,19,22)/t14-/m0/s1. The van der Waals surface area contributed by atoms with Gasteiger partial charge in [-0.25, -0.2) is 9.78 Å². The van der Waals surface area contributed by atoms with Crippen molar-refractivity contribution in [2.45, 2.75) is 12.5 Å². The second-order valence-electron chi connectivity index (χ2n) is 6.03. The minimum atomic E-state index is -0.00616.